The number of hydrogen-bond acceptors (Lipinski definition) is 4. The van der Waals surface area contributed by atoms with E-state index in [4.69, 9.17) is 0 Å². The number of nitrogens with one attached hydrogen (secondary N) is 2. The Morgan fingerprint density at radius 3 is 2.77 bits per heavy atom. The fourth-order valence-corrected chi connectivity index (χ4v) is 4.47. The molecule has 6 nitrogen and oxygen atoms in total. The second kappa shape index (κ2) is 7.11. The molecule has 2 aliphatic heterocycles. The van der Waals surface area contributed by atoms with Crippen LogP contribution >= 0.6 is 0 Å². The zero-order valence-corrected chi connectivity index (χ0v) is 16.1. The molecule has 3 heterocycles. The number of carbonyl (C=O) groups is 2. The van der Waals surface area contributed by atoms with Crippen LogP contribution in [0.1, 0.15) is 17.7 Å². The molecule has 0 saturated carbocycles. The molecule has 7 heteroatoms. The molecule has 0 spiro atoms. The van der Waals surface area contributed by atoms with Gasteiger partial charge in [0.15, 0.2) is 0 Å². The largest absolute Gasteiger partial charge is 0.396 e. The molecular formula is C23H20FN3O3. The van der Waals surface area contributed by atoms with Crippen molar-refractivity contribution in [3.63, 3.8) is 0 Å². The highest BCUT2D eigenvalue weighted by Gasteiger charge is 2.36. The highest BCUT2D eigenvalue weighted by molar-refractivity contribution is 6.38. The van der Waals surface area contributed by atoms with Crippen molar-refractivity contribution in [2.75, 3.05) is 11.9 Å². The zero-order chi connectivity index (χ0) is 20.8. The molecule has 2 aliphatic rings. The standard InChI is InChI=1S/C23H20FN3O3/c24-14-4-3-5-15(11-14)25-21-20(22(29)26-23(21)30)19-16-6-1-2-7-17(16)27-9-8-13(12-28)10-18(19)27/h1-7,11,13,28H,8-10,12H2,(H2,25,26,29,30). The molecular weight excluding hydrogens is 385 g/mol. The lowest BCUT2D eigenvalue weighted by molar-refractivity contribution is -0.123. The van der Waals surface area contributed by atoms with E-state index >= 15 is 0 Å². The van der Waals surface area contributed by atoms with E-state index in [9.17, 15) is 19.1 Å². The van der Waals surface area contributed by atoms with Gasteiger partial charge in [-0.15, -0.1) is 0 Å². The molecule has 152 valence electrons. The fraction of sp³-hybridized carbons (Fsp3) is 0.217. The minimum atomic E-state index is -0.544. The molecule has 1 unspecified atom stereocenters. The third-order valence-corrected chi connectivity index (χ3v) is 5.85. The summed E-state index contributed by atoms with van der Waals surface area (Å²) in [6.45, 7) is 0.802. The van der Waals surface area contributed by atoms with Gasteiger partial charge in [0.05, 0.1) is 5.57 Å². The van der Waals surface area contributed by atoms with Gasteiger partial charge in [0, 0.05) is 41.0 Å². The maximum atomic E-state index is 13.7. The highest BCUT2D eigenvalue weighted by Crippen LogP contribution is 2.39. The lowest BCUT2D eigenvalue weighted by Crippen LogP contribution is -2.25. The van der Waals surface area contributed by atoms with Gasteiger partial charge in [0.2, 0.25) is 0 Å². The Morgan fingerprint density at radius 1 is 1.13 bits per heavy atom. The van der Waals surface area contributed by atoms with E-state index in [1.807, 2.05) is 24.3 Å². The Hall–Kier alpha value is -3.45. The van der Waals surface area contributed by atoms with Gasteiger partial charge in [-0.3, -0.25) is 14.9 Å². The lowest BCUT2D eigenvalue weighted by atomic mass is 9.92. The van der Waals surface area contributed by atoms with Crippen molar-refractivity contribution in [3.8, 4) is 0 Å². The van der Waals surface area contributed by atoms with Crippen LogP contribution in [-0.4, -0.2) is 28.1 Å². The van der Waals surface area contributed by atoms with Crippen LogP contribution in [0.25, 0.3) is 16.5 Å². The normalized spacial score (nSPS) is 18.7. The van der Waals surface area contributed by atoms with Gasteiger partial charge in [0.1, 0.15) is 11.5 Å². The number of amides is 2. The van der Waals surface area contributed by atoms with Crippen LogP contribution in [0.3, 0.4) is 0 Å². The van der Waals surface area contributed by atoms with E-state index in [0.29, 0.717) is 17.7 Å². The Balaban J connectivity index is 1.74. The van der Waals surface area contributed by atoms with Gasteiger partial charge < -0.3 is 15.0 Å². The Labute approximate surface area is 172 Å². The third-order valence-electron chi connectivity index (χ3n) is 5.85. The smallest absolute Gasteiger partial charge is 0.275 e. The maximum absolute atomic E-state index is 13.7. The van der Waals surface area contributed by atoms with Gasteiger partial charge in [-0.2, -0.15) is 0 Å². The molecule has 0 bridgehead atoms. The first kappa shape index (κ1) is 18.6. The van der Waals surface area contributed by atoms with Crippen LogP contribution in [0, 0.1) is 11.7 Å². The second-order valence-electron chi connectivity index (χ2n) is 7.70. The number of benzene rings is 2. The summed E-state index contributed by atoms with van der Waals surface area (Å²) in [6.07, 6.45) is 1.46. The third kappa shape index (κ3) is 2.90. The number of para-hydroxylation sites is 1. The summed E-state index contributed by atoms with van der Waals surface area (Å²) in [6, 6.07) is 13.5. The predicted octanol–water partition coefficient (Wildman–Crippen LogP) is 2.81. The number of nitrogens with zero attached hydrogens (tertiary/aromatic N) is 1. The number of imide groups is 1. The van der Waals surface area contributed by atoms with Crippen LogP contribution in [0.5, 0.6) is 0 Å². The molecule has 1 aromatic heterocycles. The lowest BCUT2D eigenvalue weighted by Gasteiger charge is -2.24. The molecule has 30 heavy (non-hydrogen) atoms. The number of hydrogen-bond donors (Lipinski definition) is 3. The topological polar surface area (TPSA) is 83.4 Å². The molecule has 5 rings (SSSR count). The monoisotopic (exact) mass is 405 g/mol. The van der Waals surface area contributed by atoms with Crippen LogP contribution in [0.2, 0.25) is 0 Å². The molecule has 0 saturated heterocycles. The van der Waals surface area contributed by atoms with E-state index in [1.54, 1.807) is 6.07 Å². The molecule has 2 amide bonds. The summed E-state index contributed by atoms with van der Waals surface area (Å²) < 4.78 is 15.8. The first-order valence-electron chi connectivity index (χ1n) is 9.90. The van der Waals surface area contributed by atoms with Gasteiger partial charge in [-0.25, -0.2) is 4.39 Å². The van der Waals surface area contributed by atoms with Crippen molar-refractivity contribution in [2.45, 2.75) is 19.4 Å². The first-order chi connectivity index (χ1) is 14.6. The Morgan fingerprint density at radius 2 is 1.97 bits per heavy atom. The van der Waals surface area contributed by atoms with Crippen molar-refractivity contribution in [2.24, 2.45) is 5.92 Å². The average molecular weight is 405 g/mol. The summed E-state index contributed by atoms with van der Waals surface area (Å²) in [7, 11) is 0. The van der Waals surface area contributed by atoms with Crippen LogP contribution in [0.4, 0.5) is 10.1 Å². The fourth-order valence-electron chi connectivity index (χ4n) is 4.47. The summed E-state index contributed by atoms with van der Waals surface area (Å²) in [5.74, 6) is -1.37. The van der Waals surface area contributed by atoms with Gasteiger partial charge in [0.25, 0.3) is 11.8 Å². The number of aliphatic hydroxyl groups excluding tert-OH is 1. The summed E-state index contributed by atoms with van der Waals surface area (Å²) in [5.41, 5.74) is 3.37. The number of aryl methyl sites for hydroxylation is 1. The number of fused-ring (bicyclic) bond motifs is 3. The van der Waals surface area contributed by atoms with Crippen molar-refractivity contribution < 1.29 is 19.1 Å². The van der Waals surface area contributed by atoms with E-state index in [2.05, 4.69) is 15.2 Å². The van der Waals surface area contributed by atoms with E-state index < -0.39 is 17.6 Å². The SMILES string of the molecule is O=C1NC(=O)C(c2c3n(c4ccccc24)CCC(CO)C3)=C1Nc1cccc(F)c1. The molecule has 0 fully saturated rings. The van der Waals surface area contributed by atoms with Crippen LogP contribution in [-0.2, 0) is 22.6 Å². The molecule has 0 aliphatic carbocycles. The summed E-state index contributed by atoms with van der Waals surface area (Å²) in [5, 5.41) is 15.9. The second-order valence-corrected chi connectivity index (χ2v) is 7.70. The number of aliphatic hydroxyl groups is 1. The van der Waals surface area contributed by atoms with Crippen molar-refractivity contribution in [1.29, 1.82) is 0 Å². The molecule has 3 N–H and O–H groups in total. The van der Waals surface area contributed by atoms with E-state index in [-0.39, 0.29) is 23.8 Å². The number of halogens is 1. The van der Waals surface area contributed by atoms with Crippen LogP contribution < -0.4 is 10.6 Å². The van der Waals surface area contributed by atoms with Gasteiger partial charge >= 0.3 is 0 Å². The predicted molar refractivity (Wildman–Crippen MR) is 111 cm³/mol. The average Bonchev–Trinajstić information content (AvgIpc) is 3.20. The minimum Gasteiger partial charge on any atom is -0.396 e. The van der Waals surface area contributed by atoms with E-state index in [0.717, 1.165) is 29.6 Å². The van der Waals surface area contributed by atoms with Crippen molar-refractivity contribution in [1.82, 2.24) is 9.88 Å². The maximum Gasteiger partial charge on any atom is 0.275 e. The Kier molecular flexibility index (Phi) is 4.40. The number of carbonyl (C=O) groups excluding carboxylic acids is 2. The molecule has 0 radical (unpaired) electrons. The number of anilines is 1. The quantitative estimate of drug-likeness (QED) is 0.583. The molecule has 1 atom stereocenters. The molecule has 3 aromatic rings. The Bertz CT molecular complexity index is 1230. The first-order valence-corrected chi connectivity index (χ1v) is 9.90. The number of aromatic nitrogens is 1. The minimum absolute atomic E-state index is 0.0690. The summed E-state index contributed by atoms with van der Waals surface area (Å²) >= 11 is 0. The van der Waals surface area contributed by atoms with E-state index in [1.165, 1.54) is 18.2 Å². The van der Waals surface area contributed by atoms with Crippen molar-refractivity contribution >= 4 is 34.0 Å². The van der Waals surface area contributed by atoms with Gasteiger partial charge in [-0.05, 0) is 43.0 Å². The van der Waals surface area contributed by atoms with Crippen molar-refractivity contribution in [3.05, 3.63) is 71.3 Å². The van der Waals surface area contributed by atoms with Crippen LogP contribution in [0.15, 0.2) is 54.2 Å². The summed E-state index contributed by atoms with van der Waals surface area (Å²) in [4.78, 5) is 25.5. The molecule has 2 aromatic carbocycles. The highest BCUT2D eigenvalue weighted by atomic mass is 19.1. The number of rotatable bonds is 4. The van der Waals surface area contributed by atoms with Gasteiger partial charge in [-0.1, -0.05) is 24.3 Å². The zero-order valence-electron chi connectivity index (χ0n) is 16.1.